The van der Waals surface area contributed by atoms with Gasteiger partial charge in [0.25, 0.3) is 5.91 Å². The number of aromatic nitrogens is 3. The molecule has 0 fully saturated rings. The van der Waals surface area contributed by atoms with Crippen molar-refractivity contribution in [3.8, 4) is 11.4 Å². The Balaban J connectivity index is 1.84. The molecule has 0 bridgehead atoms. The van der Waals surface area contributed by atoms with E-state index in [1.165, 1.54) is 0 Å². The van der Waals surface area contributed by atoms with Gasteiger partial charge in [0.1, 0.15) is 0 Å². The van der Waals surface area contributed by atoms with Crippen molar-refractivity contribution in [2.75, 3.05) is 6.54 Å². The van der Waals surface area contributed by atoms with E-state index in [4.69, 9.17) is 0 Å². The normalized spacial score (nSPS) is 10.9. The average molecular weight is 282 g/mol. The SMILES string of the molecule is CCCCNC(=O)c1ccc2cc(-c3ccn[nH]3)[nH]c2c1. The number of benzene rings is 1. The van der Waals surface area contributed by atoms with Crippen molar-refractivity contribution in [1.82, 2.24) is 20.5 Å². The Bertz CT molecular complexity index is 743. The van der Waals surface area contributed by atoms with E-state index in [-0.39, 0.29) is 5.91 Å². The third-order valence-electron chi connectivity index (χ3n) is 3.49. The first-order valence-corrected chi connectivity index (χ1v) is 7.18. The Morgan fingerprint density at radius 1 is 1.24 bits per heavy atom. The number of hydrogen-bond acceptors (Lipinski definition) is 2. The van der Waals surface area contributed by atoms with Gasteiger partial charge in [0.2, 0.25) is 0 Å². The number of carbonyl (C=O) groups excluding carboxylic acids is 1. The molecule has 0 unspecified atom stereocenters. The number of aromatic amines is 2. The van der Waals surface area contributed by atoms with Gasteiger partial charge in [0.05, 0.1) is 11.4 Å². The van der Waals surface area contributed by atoms with Crippen LogP contribution in [0.5, 0.6) is 0 Å². The van der Waals surface area contributed by atoms with Crippen LogP contribution in [0.1, 0.15) is 30.1 Å². The van der Waals surface area contributed by atoms with Crippen LogP contribution in [0.25, 0.3) is 22.3 Å². The number of fused-ring (bicyclic) bond motifs is 1. The molecule has 3 rings (SSSR count). The minimum absolute atomic E-state index is 0.0250. The predicted molar refractivity (Wildman–Crippen MR) is 83.1 cm³/mol. The van der Waals surface area contributed by atoms with Gasteiger partial charge in [-0.1, -0.05) is 19.4 Å². The molecule has 0 radical (unpaired) electrons. The lowest BCUT2D eigenvalue weighted by Crippen LogP contribution is -2.24. The number of hydrogen-bond donors (Lipinski definition) is 3. The van der Waals surface area contributed by atoms with Crippen molar-refractivity contribution in [2.45, 2.75) is 19.8 Å². The van der Waals surface area contributed by atoms with E-state index < -0.39 is 0 Å². The summed E-state index contributed by atoms with van der Waals surface area (Å²) in [6.07, 6.45) is 3.79. The Hall–Kier alpha value is -2.56. The molecule has 2 aromatic heterocycles. The number of nitrogens with zero attached hydrogens (tertiary/aromatic N) is 1. The van der Waals surface area contributed by atoms with Crippen molar-refractivity contribution in [3.05, 3.63) is 42.1 Å². The zero-order valence-corrected chi connectivity index (χ0v) is 11.9. The van der Waals surface area contributed by atoms with Crippen molar-refractivity contribution >= 4 is 16.8 Å². The van der Waals surface area contributed by atoms with Crippen molar-refractivity contribution in [3.63, 3.8) is 0 Å². The van der Waals surface area contributed by atoms with Crippen LogP contribution < -0.4 is 5.32 Å². The van der Waals surface area contributed by atoms with E-state index in [0.29, 0.717) is 5.56 Å². The summed E-state index contributed by atoms with van der Waals surface area (Å²) in [5, 5.41) is 10.9. The average Bonchev–Trinajstić information content (AvgIpc) is 3.15. The molecule has 0 saturated heterocycles. The number of amides is 1. The van der Waals surface area contributed by atoms with E-state index in [1.807, 2.05) is 30.3 Å². The van der Waals surface area contributed by atoms with Gasteiger partial charge in [0.15, 0.2) is 0 Å². The number of unbranched alkanes of at least 4 members (excludes halogenated alkanes) is 1. The molecular formula is C16H18N4O. The summed E-state index contributed by atoms with van der Waals surface area (Å²) in [5.74, 6) is -0.0250. The lowest BCUT2D eigenvalue weighted by molar-refractivity contribution is 0.0953. The Morgan fingerprint density at radius 2 is 2.14 bits per heavy atom. The molecular weight excluding hydrogens is 264 g/mol. The monoisotopic (exact) mass is 282 g/mol. The lowest BCUT2D eigenvalue weighted by Gasteiger charge is -2.04. The van der Waals surface area contributed by atoms with Gasteiger partial charge < -0.3 is 10.3 Å². The largest absolute Gasteiger partial charge is 0.353 e. The summed E-state index contributed by atoms with van der Waals surface area (Å²) in [6, 6.07) is 9.65. The topological polar surface area (TPSA) is 73.6 Å². The highest BCUT2D eigenvalue weighted by Gasteiger charge is 2.09. The molecule has 0 saturated carbocycles. The molecule has 0 aliphatic heterocycles. The summed E-state index contributed by atoms with van der Waals surface area (Å²) in [4.78, 5) is 15.4. The highest BCUT2D eigenvalue weighted by Crippen LogP contribution is 2.23. The highest BCUT2D eigenvalue weighted by molar-refractivity contribution is 5.98. The Kier molecular flexibility index (Phi) is 3.73. The van der Waals surface area contributed by atoms with Crippen molar-refractivity contribution in [1.29, 1.82) is 0 Å². The summed E-state index contributed by atoms with van der Waals surface area (Å²) in [7, 11) is 0. The molecule has 5 heteroatoms. The fraction of sp³-hybridized carbons (Fsp3) is 0.250. The zero-order chi connectivity index (χ0) is 14.7. The van der Waals surface area contributed by atoms with E-state index in [9.17, 15) is 4.79 Å². The fourth-order valence-electron chi connectivity index (χ4n) is 2.30. The minimum Gasteiger partial charge on any atom is -0.353 e. The Morgan fingerprint density at radius 3 is 2.90 bits per heavy atom. The summed E-state index contributed by atoms with van der Waals surface area (Å²) < 4.78 is 0. The summed E-state index contributed by atoms with van der Waals surface area (Å²) >= 11 is 0. The molecule has 1 aromatic carbocycles. The second-order valence-corrected chi connectivity index (χ2v) is 5.06. The minimum atomic E-state index is -0.0250. The third kappa shape index (κ3) is 2.81. The standard InChI is InChI=1S/C16H18N4O/c1-2-3-7-17-16(21)12-5-4-11-9-15(19-14(11)10-12)13-6-8-18-20-13/h4-6,8-10,19H,2-3,7H2,1H3,(H,17,21)(H,18,20). The molecule has 3 N–H and O–H groups in total. The van der Waals surface area contributed by atoms with E-state index in [2.05, 4.69) is 27.4 Å². The lowest BCUT2D eigenvalue weighted by atomic mass is 10.1. The first-order chi connectivity index (χ1) is 10.3. The number of H-pyrrole nitrogens is 2. The van der Waals surface area contributed by atoms with Gasteiger partial charge in [-0.15, -0.1) is 0 Å². The molecule has 1 amide bonds. The van der Waals surface area contributed by atoms with E-state index in [1.54, 1.807) is 6.20 Å². The van der Waals surface area contributed by atoms with Crippen LogP contribution in [-0.4, -0.2) is 27.6 Å². The van der Waals surface area contributed by atoms with Crippen LogP contribution in [-0.2, 0) is 0 Å². The second-order valence-electron chi connectivity index (χ2n) is 5.06. The molecule has 0 aliphatic rings. The third-order valence-corrected chi connectivity index (χ3v) is 3.49. The van der Waals surface area contributed by atoms with Crippen molar-refractivity contribution in [2.24, 2.45) is 0 Å². The maximum atomic E-state index is 12.1. The molecule has 21 heavy (non-hydrogen) atoms. The molecule has 0 spiro atoms. The van der Waals surface area contributed by atoms with Crippen LogP contribution in [0.15, 0.2) is 36.5 Å². The maximum Gasteiger partial charge on any atom is 0.251 e. The summed E-state index contributed by atoms with van der Waals surface area (Å²) in [6.45, 7) is 2.83. The smallest absolute Gasteiger partial charge is 0.251 e. The van der Waals surface area contributed by atoms with E-state index in [0.717, 1.165) is 41.7 Å². The second kappa shape index (κ2) is 5.83. The van der Waals surface area contributed by atoms with Gasteiger partial charge in [-0.05, 0) is 30.7 Å². The molecule has 3 aromatic rings. The number of carbonyl (C=O) groups is 1. The van der Waals surface area contributed by atoms with Gasteiger partial charge >= 0.3 is 0 Å². The van der Waals surface area contributed by atoms with Crippen LogP contribution in [0.4, 0.5) is 0 Å². The van der Waals surface area contributed by atoms with Gasteiger partial charge in [-0.2, -0.15) is 5.10 Å². The van der Waals surface area contributed by atoms with Crippen molar-refractivity contribution < 1.29 is 4.79 Å². The predicted octanol–water partition coefficient (Wildman–Crippen LogP) is 3.09. The van der Waals surface area contributed by atoms with E-state index >= 15 is 0 Å². The van der Waals surface area contributed by atoms with Crippen LogP contribution in [0.2, 0.25) is 0 Å². The first-order valence-electron chi connectivity index (χ1n) is 7.18. The molecule has 0 aliphatic carbocycles. The molecule has 0 atom stereocenters. The van der Waals surface area contributed by atoms with Gasteiger partial charge in [-0.3, -0.25) is 9.89 Å². The Labute approximate surface area is 122 Å². The fourth-order valence-corrected chi connectivity index (χ4v) is 2.30. The quantitative estimate of drug-likeness (QED) is 0.629. The number of rotatable bonds is 5. The van der Waals surface area contributed by atoms with Crippen LogP contribution in [0, 0.1) is 0 Å². The molecule has 108 valence electrons. The van der Waals surface area contributed by atoms with Gasteiger partial charge in [0, 0.05) is 29.2 Å². The number of nitrogens with one attached hydrogen (secondary N) is 3. The zero-order valence-electron chi connectivity index (χ0n) is 11.9. The van der Waals surface area contributed by atoms with Crippen LogP contribution >= 0.6 is 0 Å². The maximum absolute atomic E-state index is 12.1. The molecule has 2 heterocycles. The summed E-state index contributed by atoms with van der Waals surface area (Å²) in [5.41, 5.74) is 3.52. The highest BCUT2D eigenvalue weighted by atomic mass is 16.1. The van der Waals surface area contributed by atoms with Crippen LogP contribution in [0.3, 0.4) is 0 Å². The first kappa shape index (κ1) is 13.4. The van der Waals surface area contributed by atoms with Gasteiger partial charge in [-0.25, -0.2) is 0 Å². The molecule has 5 nitrogen and oxygen atoms in total.